The van der Waals surface area contributed by atoms with Crippen molar-refractivity contribution < 1.29 is 17.9 Å². The van der Waals surface area contributed by atoms with Crippen LogP contribution in [0.4, 0.5) is 0 Å². The second-order valence-electron chi connectivity index (χ2n) is 3.67. The van der Waals surface area contributed by atoms with Gasteiger partial charge in [0.1, 0.15) is 23.0 Å². The molecular formula is C10H12N2O4S. The van der Waals surface area contributed by atoms with Crippen molar-refractivity contribution in [1.82, 2.24) is 9.78 Å². The minimum Gasteiger partial charge on any atom is -0.462 e. The summed E-state index contributed by atoms with van der Waals surface area (Å²) in [5.41, 5.74) is 0. The van der Waals surface area contributed by atoms with E-state index in [4.69, 9.17) is 9.52 Å². The molecular weight excluding hydrogens is 244 g/mol. The van der Waals surface area contributed by atoms with Gasteiger partial charge in [-0.05, 0) is 12.1 Å². The number of nitrogens with zero attached hydrogens (tertiary/aromatic N) is 2. The van der Waals surface area contributed by atoms with Crippen LogP contribution in [-0.4, -0.2) is 29.6 Å². The van der Waals surface area contributed by atoms with E-state index in [1.807, 2.05) is 0 Å². The summed E-state index contributed by atoms with van der Waals surface area (Å²) in [5, 5.41) is 12.8. The number of furan rings is 1. The SMILES string of the molecule is CS(=O)(=O)c1cnn(Cc2ccc(CO)o2)c1. The van der Waals surface area contributed by atoms with Gasteiger partial charge in [-0.25, -0.2) is 8.42 Å². The van der Waals surface area contributed by atoms with E-state index in [1.165, 1.54) is 17.1 Å². The van der Waals surface area contributed by atoms with Crippen molar-refractivity contribution in [3.63, 3.8) is 0 Å². The van der Waals surface area contributed by atoms with Crippen molar-refractivity contribution >= 4 is 9.84 Å². The van der Waals surface area contributed by atoms with E-state index in [0.29, 0.717) is 18.1 Å². The van der Waals surface area contributed by atoms with Crippen LogP contribution in [0, 0.1) is 0 Å². The van der Waals surface area contributed by atoms with Crippen LogP contribution >= 0.6 is 0 Å². The molecule has 0 bridgehead atoms. The summed E-state index contributed by atoms with van der Waals surface area (Å²) in [4.78, 5) is 0.173. The zero-order valence-corrected chi connectivity index (χ0v) is 10.0. The van der Waals surface area contributed by atoms with Crippen molar-refractivity contribution in [3.8, 4) is 0 Å². The first kappa shape index (κ1) is 11.9. The lowest BCUT2D eigenvalue weighted by Crippen LogP contribution is -1.99. The van der Waals surface area contributed by atoms with Gasteiger partial charge >= 0.3 is 0 Å². The van der Waals surface area contributed by atoms with Gasteiger partial charge in [-0.1, -0.05) is 0 Å². The van der Waals surface area contributed by atoms with Crippen LogP contribution < -0.4 is 0 Å². The zero-order valence-electron chi connectivity index (χ0n) is 9.20. The Labute approximate surface area is 98.4 Å². The van der Waals surface area contributed by atoms with Crippen molar-refractivity contribution in [2.24, 2.45) is 0 Å². The lowest BCUT2D eigenvalue weighted by Gasteiger charge is -1.97. The summed E-state index contributed by atoms with van der Waals surface area (Å²) in [7, 11) is -3.23. The van der Waals surface area contributed by atoms with Gasteiger partial charge in [-0.15, -0.1) is 0 Å². The quantitative estimate of drug-likeness (QED) is 0.856. The van der Waals surface area contributed by atoms with E-state index in [-0.39, 0.29) is 11.5 Å². The van der Waals surface area contributed by atoms with Crippen molar-refractivity contribution in [2.75, 3.05) is 6.26 Å². The fourth-order valence-electron chi connectivity index (χ4n) is 1.37. The van der Waals surface area contributed by atoms with Gasteiger partial charge in [0.05, 0.1) is 12.7 Å². The van der Waals surface area contributed by atoms with Gasteiger partial charge < -0.3 is 9.52 Å². The molecule has 2 rings (SSSR count). The Morgan fingerprint density at radius 3 is 2.65 bits per heavy atom. The third-order valence-electron chi connectivity index (χ3n) is 2.23. The van der Waals surface area contributed by atoms with Crippen LogP contribution in [0.5, 0.6) is 0 Å². The molecule has 7 heteroatoms. The number of hydrogen-bond acceptors (Lipinski definition) is 5. The molecule has 2 aromatic rings. The summed E-state index contributed by atoms with van der Waals surface area (Å²) >= 11 is 0. The molecule has 0 aliphatic rings. The van der Waals surface area contributed by atoms with E-state index in [2.05, 4.69) is 5.10 Å². The highest BCUT2D eigenvalue weighted by molar-refractivity contribution is 7.90. The van der Waals surface area contributed by atoms with Gasteiger partial charge in [0.2, 0.25) is 0 Å². The van der Waals surface area contributed by atoms with Crippen LogP contribution in [-0.2, 0) is 23.0 Å². The predicted octanol–water partition coefficient (Wildman–Crippen LogP) is 0.420. The normalized spacial score (nSPS) is 11.9. The molecule has 0 fully saturated rings. The number of hydrogen-bond donors (Lipinski definition) is 1. The maximum Gasteiger partial charge on any atom is 0.178 e. The molecule has 0 unspecified atom stereocenters. The molecule has 0 saturated carbocycles. The summed E-state index contributed by atoms with van der Waals surface area (Å²) < 4.78 is 29.2. The summed E-state index contributed by atoms with van der Waals surface area (Å²) in [6.07, 6.45) is 3.87. The zero-order chi connectivity index (χ0) is 12.5. The molecule has 2 aromatic heterocycles. The van der Waals surface area contributed by atoms with Gasteiger partial charge in [-0.2, -0.15) is 5.10 Å². The Hall–Kier alpha value is -1.60. The maximum atomic E-state index is 11.2. The van der Waals surface area contributed by atoms with Crippen LogP contribution in [0.15, 0.2) is 33.8 Å². The number of aromatic nitrogens is 2. The molecule has 0 saturated heterocycles. The lowest BCUT2D eigenvalue weighted by molar-refractivity contribution is 0.242. The molecule has 0 aromatic carbocycles. The third kappa shape index (κ3) is 2.75. The Morgan fingerprint density at radius 2 is 2.12 bits per heavy atom. The third-order valence-corrected chi connectivity index (χ3v) is 3.30. The van der Waals surface area contributed by atoms with Gasteiger partial charge in [0.15, 0.2) is 9.84 Å². The highest BCUT2D eigenvalue weighted by Crippen LogP contribution is 2.11. The standard InChI is InChI=1S/C10H12N2O4S/c1-17(14,15)10-4-11-12(6-10)5-8-2-3-9(7-13)16-8/h2-4,6,13H,5,7H2,1H3. The van der Waals surface area contributed by atoms with Crippen LogP contribution in [0.1, 0.15) is 11.5 Å². The van der Waals surface area contributed by atoms with E-state index in [9.17, 15) is 8.42 Å². The van der Waals surface area contributed by atoms with E-state index in [1.54, 1.807) is 12.1 Å². The van der Waals surface area contributed by atoms with Crippen molar-refractivity contribution in [3.05, 3.63) is 36.0 Å². The average molecular weight is 256 g/mol. The van der Waals surface area contributed by atoms with Crippen LogP contribution in [0.2, 0.25) is 0 Å². The minimum absolute atomic E-state index is 0.159. The van der Waals surface area contributed by atoms with E-state index < -0.39 is 9.84 Å². The summed E-state index contributed by atoms with van der Waals surface area (Å²) in [5.74, 6) is 1.08. The highest BCUT2D eigenvalue weighted by Gasteiger charge is 2.10. The Bertz CT molecular complexity index is 612. The number of rotatable bonds is 4. The first-order valence-electron chi connectivity index (χ1n) is 4.90. The smallest absolute Gasteiger partial charge is 0.178 e. The molecule has 17 heavy (non-hydrogen) atoms. The molecule has 0 atom stereocenters. The molecule has 0 spiro atoms. The molecule has 2 heterocycles. The van der Waals surface area contributed by atoms with Crippen LogP contribution in [0.3, 0.4) is 0 Å². The second-order valence-corrected chi connectivity index (χ2v) is 5.69. The first-order chi connectivity index (χ1) is 7.99. The fraction of sp³-hybridized carbons (Fsp3) is 0.300. The Kier molecular flexibility index (Phi) is 3.03. The predicted molar refractivity (Wildman–Crippen MR) is 59.1 cm³/mol. The maximum absolute atomic E-state index is 11.2. The molecule has 0 aliphatic carbocycles. The van der Waals surface area contributed by atoms with E-state index in [0.717, 1.165) is 6.26 Å². The van der Waals surface area contributed by atoms with Crippen LogP contribution in [0.25, 0.3) is 0 Å². The van der Waals surface area contributed by atoms with Crippen molar-refractivity contribution in [2.45, 2.75) is 18.0 Å². The highest BCUT2D eigenvalue weighted by atomic mass is 32.2. The molecule has 6 nitrogen and oxygen atoms in total. The second kappa shape index (κ2) is 4.34. The molecule has 0 radical (unpaired) electrons. The topological polar surface area (TPSA) is 85.3 Å². The number of sulfone groups is 1. The Balaban J connectivity index is 2.17. The van der Waals surface area contributed by atoms with Gasteiger partial charge in [-0.3, -0.25) is 4.68 Å². The number of aliphatic hydroxyl groups excluding tert-OH is 1. The fourth-order valence-corrected chi connectivity index (χ4v) is 1.93. The number of aliphatic hydroxyl groups is 1. The Morgan fingerprint density at radius 1 is 1.41 bits per heavy atom. The first-order valence-corrected chi connectivity index (χ1v) is 6.79. The van der Waals surface area contributed by atoms with Crippen molar-refractivity contribution in [1.29, 1.82) is 0 Å². The lowest BCUT2D eigenvalue weighted by atomic mass is 10.4. The largest absolute Gasteiger partial charge is 0.462 e. The summed E-state index contributed by atoms with van der Waals surface area (Å²) in [6, 6.07) is 3.38. The molecule has 0 aliphatic heterocycles. The molecule has 0 amide bonds. The minimum atomic E-state index is -3.23. The summed E-state index contributed by atoms with van der Waals surface area (Å²) in [6.45, 7) is 0.170. The molecule has 92 valence electrons. The monoisotopic (exact) mass is 256 g/mol. The molecule has 1 N–H and O–H groups in total. The average Bonchev–Trinajstić information content (AvgIpc) is 2.86. The van der Waals surface area contributed by atoms with E-state index >= 15 is 0 Å². The van der Waals surface area contributed by atoms with Gasteiger partial charge in [0, 0.05) is 12.5 Å². The van der Waals surface area contributed by atoms with Gasteiger partial charge in [0.25, 0.3) is 0 Å².